The number of benzene rings is 1. The summed E-state index contributed by atoms with van der Waals surface area (Å²) >= 11 is 0. The fourth-order valence-corrected chi connectivity index (χ4v) is 1.64. The Morgan fingerprint density at radius 1 is 1.46 bits per heavy atom. The van der Waals surface area contributed by atoms with E-state index < -0.39 is 0 Å². The molecule has 68 valence electrons. The van der Waals surface area contributed by atoms with Gasteiger partial charge >= 0.3 is 0 Å². The zero-order valence-corrected chi connectivity index (χ0v) is 7.92. The summed E-state index contributed by atoms with van der Waals surface area (Å²) in [7, 11) is 0. The lowest BCUT2D eigenvalue weighted by atomic mass is 9.93. The van der Waals surface area contributed by atoms with E-state index in [2.05, 4.69) is 25.6 Å². The van der Waals surface area contributed by atoms with Gasteiger partial charge in [0.05, 0.1) is 0 Å². The van der Waals surface area contributed by atoms with Gasteiger partial charge in [-0.15, -0.1) is 0 Å². The number of hydrogen-bond donors (Lipinski definition) is 0. The predicted molar refractivity (Wildman–Crippen MR) is 54.0 cm³/mol. The van der Waals surface area contributed by atoms with Crippen molar-refractivity contribution in [2.45, 2.75) is 25.4 Å². The van der Waals surface area contributed by atoms with Crippen LogP contribution in [0.4, 0.5) is 0 Å². The van der Waals surface area contributed by atoms with Crippen LogP contribution >= 0.6 is 0 Å². The molecule has 0 N–H and O–H groups in total. The third-order valence-electron chi connectivity index (χ3n) is 2.64. The van der Waals surface area contributed by atoms with Gasteiger partial charge in [-0.25, -0.2) is 0 Å². The number of aryl methyl sites for hydroxylation is 1. The van der Waals surface area contributed by atoms with Crippen molar-refractivity contribution in [3.8, 4) is 5.75 Å². The Kier molecular flexibility index (Phi) is 1.87. The van der Waals surface area contributed by atoms with Gasteiger partial charge in [0.15, 0.2) is 0 Å². The van der Waals surface area contributed by atoms with Crippen molar-refractivity contribution in [1.29, 1.82) is 0 Å². The van der Waals surface area contributed by atoms with Gasteiger partial charge in [0.25, 0.3) is 0 Å². The van der Waals surface area contributed by atoms with Crippen LogP contribution in [0.3, 0.4) is 0 Å². The Morgan fingerprint density at radius 3 is 3.00 bits per heavy atom. The summed E-state index contributed by atoms with van der Waals surface area (Å²) < 4.78 is 5.85. The van der Waals surface area contributed by atoms with E-state index in [1.807, 2.05) is 18.2 Å². The van der Waals surface area contributed by atoms with Gasteiger partial charge in [-0.05, 0) is 37.5 Å². The average molecular weight is 174 g/mol. The summed E-state index contributed by atoms with van der Waals surface area (Å²) in [6.07, 6.45) is 4.00. The maximum Gasteiger partial charge on any atom is 0.124 e. The van der Waals surface area contributed by atoms with Crippen LogP contribution in [0.2, 0.25) is 0 Å². The van der Waals surface area contributed by atoms with E-state index in [4.69, 9.17) is 4.74 Å². The van der Waals surface area contributed by atoms with Crippen LogP contribution in [0.15, 0.2) is 36.9 Å². The number of hydrogen-bond acceptors (Lipinski definition) is 1. The number of rotatable bonds is 1. The summed E-state index contributed by atoms with van der Waals surface area (Å²) in [5, 5.41) is 0. The van der Waals surface area contributed by atoms with Crippen LogP contribution in [-0.4, -0.2) is 5.60 Å². The van der Waals surface area contributed by atoms with Crippen molar-refractivity contribution < 1.29 is 4.74 Å². The molecule has 0 radical (unpaired) electrons. The second-order valence-electron chi connectivity index (χ2n) is 3.73. The lowest BCUT2D eigenvalue weighted by Crippen LogP contribution is -2.33. The predicted octanol–water partition coefficient (Wildman–Crippen LogP) is 2.96. The second-order valence-corrected chi connectivity index (χ2v) is 3.73. The van der Waals surface area contributed by atoms with Crippen LogP contribution in [0.5, 0.6) is 5.75 Å². The Labute approximate surface area is 79.0 Å². The molecule has 0 spiro atoms. The van der Waals surface area contributed by atoms with Gasteiger partial charge < -0.3 is 4.74 Å². The van der Waals surface area contributed by atoms with E-state index >= 15 is 0 Å². The monoisotopic (exact) mass is 174 g/mol. The minimum absolute atomic E-state index is 0.172. The highest BCUT2D eigenvalue weighted by Crippen LogP contribution is 2.33. The van der Waals surface area contributed by atoms with E-state index in [0.717, 1.165) is 18.6 Å². The zero-order valence-electron chi connectivity index (χ0n) is 7.92. The first kappa shape index (κ1) is 8.36. The van der Waals surface area contributed by atoms with Gasteiger partial charge in [-0.1, -0.05) is 24.8 Å². The molecule has 0 aliphatic carbocycles. The van der Waals surface area contributed by atoms with E-state index in [-0.39, 0.29) is 5.60 Å². The first-order valence-corrected chi connectivity index (χ1v) is 4.64. The molecule has 0 saturated heterocycles. The molecule has 1 heterocycles. The summed E-state index contributed by atoms with van der Waals surface area (Å²) in [5.41, 5.74) is 1.13. The minimum atomic E-state index is -0.172. The van der Waals surface area contributed by atoms with Crippen molar-refractivity contribution in [2.75, 3.05) is 0 Å². The van der Waals surface area contributed by atoms with E-state index in [0.29, 0.717) is 0 Å². The zero-order chi connectivity index (χ0) is 9.31. The highest BCUT2D eigenvalue weighted by atomic mass is 16.5. The third kappa shape index (κ3) is 1.46. The van der Waals surface area contributed by atoms with Crippen LogP contribution in [-0.2, 0) is 6.42 Å². The van der Waals surface area contributed by atoms with Gasteiger partial charge in [0.2, 0.25) is 0 Å². The molecular formula is C12H14O. The largest absolute Gasteiger partial charge is 0.483 e. The third-order valence-corrected chi connectivity index (χ3v) is 2.64. The Morgan fingerprint density at radius 2 is 2.23 bits per heavy atom. The van der Waals surface area contributed by atoms with Gasteiger partial charge in [-0.3, -0.25) is 0 Å². The van der Waals surface area contributed by atoms with Crippen LogP contribution in [0.25, 0.3) is 0 Å². The van der Waals surface area contributed by atoms with Gasteiger partial charge in [0, 0.05) is 0 Å². The molecular weight excluding hydrogens is 160 g/mol. The molecule has 1 nitrogen and oxygen atoms in total. The molecule has 1 atom stereocenters. The Balaban J connectivity index is 2.34. The van der Waals surface area contributed by atoms with Gasteiger partial charge in [0.1, 0.15) is 11.4 Å². The molecule has 0 fully saturated rings. The Bertz CT molecular complexity index is 330. The Hall–Kier alpha value is -1.24. The molecule has 0 saturated carbocycles. The molecule has 13 heavy (non-hydrogen) atoms. The lowest BCUT2D eigenvalue weighted by Gasteiger charge is -2.33. The summed E-state index contributed by atoms with van der Waals surface area (Å²) in [4.78, 5) is 0. The first-order chi connectivity index (χ1) is 6.23. The smallest absolute Gasteiger partial charge is 0.124 e. The van der Waals surface area contributed by atoms with Crippen molar-refractivity contribution in [3.63, 3.8) is 0 Å². The molecule has 0 unspecified atom stereocenters. The molecule has 1 aromatic carbocycles. The molecule has 1 aliphatic heterocycles. The van der Waals surface area contributed by atoms with Crippen LogP contribution in [0.1, 0.15) is 18.9 Å². The van der Waals surface area contributed by atoms with Crippen molar-refractivity contribution in [3.05, 3.63) is 42.5 Å². The standard InChI is InChI=1S/C12H14O/c1-3-12(2)9-8-10-6-4-5-7-11(10)13-12/h3-7H,1,8-9H2,2H3/t12-/m1/s1. The molecule has 0 aromatic heterocycles. The SMILES string of the molecule is C=C[C@]1(C)CCc2ccccc2O1. The average Bonchev–Trinajstić information content (AvgIpc) is 2.18. The molecule has 1 heteroatoms. The highest BCUT2D eigenvalue weighted by Gasteiger charge is 2.27. The van der Waals surface area contributed by atoms with Crippen molar-refractivity contribution in [1.82, 2.24) is 0 Å². The molecule has 1 aliphatic rings. The maximum absolute atomic E-state index is 5.85. The molecule has 2 rings (SSSR count). The molecule has 0 bridgehead atoms. The highest BCUT2D eigenvalue weighted by molar-refractivity contribution is 5.36. The van der Waals surface area contributed by atoms with E-state index in [9.17, 15) is 0 Å². The van der Waals surface area contributed by atoms with Crippen LogP contribution in [0, 0.1) is 0 Å². The number of para-hydroxylation sites is 1. The van der Waals surface area contributed by atoms with Crippen LogP contribution < -0.4 is 4.74 Å². The van der Waals surface area contributed by atoms with Crippen molar-refractivity contribution in [2.24, 2.45) is 0 Å². The topological polar surface area (TPSA) is 9.23 Å². The summed E-state index contributed by atoms with van der Waals surface area (Å²) in [5.74, 6) is 1.01. The fraction of sp³-hybridized carbons (Fsp3) is 0.333. The molecule has 0 amide bonds. The second kappa shape index (κ2) is 2.91. The normalized spacial score (nSPS) is 25.9. The maximum atomic E-state index is 5.85. The van der Waals surface area contributed by atoms with Gasteiger partial charge in [-0.2, -0.15) is 0 Å². The minimum Gasteiger partial charge on any atom is -0.483 e. The number of ether oxygens (including phenoxy) is 1. The lowest BCUT2D eigenvalue weighted by molar-refractivity contribution is 0.115. The van der Waals surface area contributed by atoms with Crippen molar-refractivity contribution >= 4 is 0 Å². The molecule has 1 aromatic rings. The summed E-state index contributed by atoms with van der Waals surface area (Å²) in [6, 6.07) is 8.21. The van der Waals surface area contributed by atoms with E-state index in [1.165, 1.54) is 5.56 Å². The first-order valence-electron chi connectivity index (χ1n) is 4.64. The fourth-order valence-electron chi connectivity index (χ4n) is 1.64. The quantitative estimate of drug-likeness (QED) is 0.595. The summed E-state index contributed by atoms with van der Waals surface area (Å²) in [6.45, 7) is 5.88. The van der Waals surface area contributed by atoms with E-state index in [1.54, 1.807) is 0 Å². The number of fused-ring (bicyclic) bond motifs is 1.